The summed E-state index contributed by atoms with van der Waals surface area (Å²) in [6, 6.07) is 13.5. The van der Waals surface area contributed by atoms with E-state index in [0.717, 1.165) is 16.8 Å². The first-order valence-corrected chi connectivity index (χ1v) is 10.1. The van der Waals surface area contributed by atoms with Gasteiger partial charge in [0.05, 0.1) is 0 Å². The number of hydrogen-bond donors (Lipinski definition) is 2. The highest BCUT2D eigenvalue weighted by molar-refractivity contribution is 7.71. The second kappa shape index (κ2) is 8.41. The molecule has 4 aromatic rings. The average Bonchev–Trinajstić information content (AvgIpc) is 3.34. The van der Waals surface area contributed by atoms with E-state index in [1.54, 1.807) is 6.20 Å². The van der Waals surface area contributed by atoms with Gasteiger partial charge in [0, 0.05) is 24.7 Å². The zero-order chi connectivity index (χ0) is 20.2. The maximum absolute atomic E-state index is 12.4. The number of carbonyl (C=O) groups is 1. The topological polar surface area (TPSA) is 101 Å². The highest BCUT2D eigenvalue weighted by Gasteiger charge is 2.13. The van der Waals surface area contributed by atoms with Crippen molar-refractivity contribution in [3.8, 4) is 22.1 Å². The standard InChI is InChI=1S/C19H17N7OS2/c1-12-5-4-6-13(11-12)16-22-25-19(28)26(16)10-8-15(27)21-18-24-23-17(29-18)14-7-2-3-9-20-14/h2-7,9,11H,8,10H2,1H3,(H,25,28)(H,21,24,27). The number of benzene rings is 1. The molecule has 2 N–H and O–H groups in total. The number of carbonyl (C=O) groups excluding carboxylic acids is 1. The van der Waals surface area contributed by atoms with Crippen molar-refractivity contribution in [2.45, 2.75) is 19.9 Å². The monoisotopic (exact) mass is 423 g/mol. The number of aromatic amines is 1. The maximum atomic E-state index is 12.4. The van der Waals surface area contributed by atoms with Crippen molar-refractivity contribution in [1.82, 2.24) is 29.9 Å². The molecule has 29 heavy (non-hydrogen) atoms. The number of hydrogen-bond acceptors (Lipinski definition) is 7. The van der Waals surface area contributed by atoms with Crippen LogP contribution in [0.5, 0.6) is 0 Å². The molecular formula is C19H17N7OS2. The average molecular weight is 424 g/mol. The van der Waals surface area contributed by atoms with E-state index in [0.29, 0.717) is 27.3 Å². The van der Waals surface area contributed by atoms with E-state index in [1.807, 2.05) is 54.0 Å². The van der Waals surface area contributed by atoms with Gasteiger partial charge in [-0.1, -0.05) is 41.2 Å². The molecule has 0 aliphatic carbocycles. The summed E-state index contributed by atoms with van der Waals surface area (Å²) in [7, 11) is 0. The lowest BCUT2D eigenvalue weighted by molar-refractivity contribution is -0.116. The molecule has 0 fully saturated rings. The van der Waals surface area contributed by atoms with E-state index < -0.39 is 0 Å². The summed E-state index contributed by atoms with van der Waals surface area (Å²) in [4.78, 5) is 16.6. The number of nitrogens with one attached hydrogen (secondary N) is 2. The van der Waals surface area contributed by atoms with Crippen LogP contribution in [0.3, 0.4) is 0 Å². The van der Waals surface area contributed by atoms with Gasteiger partial charge < -0.3 is 5.32 Å². The fourth-order valence-electron chi connectivity index (χ4n) is 2.79. The Bertz CT molecular complexity index is 1200. The third-order valence-corrected chi connectivity index (χ3v) is 5.33. The molecule has 0 unspecified atom stereocenters. The van der Waals surface area contributed by atoms with Crippen LogP contribution in [0.4, 0.5) is 5.13 Å². The molecule has 0 aliphatic rings. The molecule has 4 rings (SSSR count). The van der Waals surface area contributed by atoms with E-state index in [9.17, 15) is 4.79 Å². The predicted octanol–water partition coefficient (Wildman–Crippen LogP) is 3.86. The molecule has 1 aromatic carbocycles. The Balaban J connectivity index is 1.43. The van der Waals surface area contributed by atoms with Crippen LogP contribution in [0.1, 0.15) is 12.0 Å². The molecular weight excluding hydrogens is 406 g/mol. The van der Waals surface area contributed by atoms with Crippen molar-refractivity contribution < 1.29 is 4.79 Å². The van der Waals surface area contributed by atoms with Crippen LogP contribution < -0.4 is 5.32 Å². The van der Waals surface area contributed by atoms with Crippen molar-refractivity contribution >= 4 is 34.6 Å². The molecule has 0 bridgehead atoms. The van der Waals surface area contributed by atoms with Gasteiger partial charge in [0.1, 0.15) is 5.69 Å². The van der Waals surface area contributed by atoms with Gasteiger partial charge in [0.25, 0.3) is 0 Å². The third-order valence-electron chi connectivity index (χ3n) is 4.15. The summed E-state index contributed by atoms with van der Waals surface area (Å²) in [5.74, 6) is 0.534. The smallest absolute Gasteiger partial charge is 0.227 e. The van der Waals surface area contributed by atoms with E-state index in [1.165, 1.54) is 11.3 Å². The van der Waals surface area contributed by atoms with Crippen molar-refractivity contribution in [2.24, 2.45) is 0 Å². The summed E-state index contributed by atoms with van der Waals surface area (Å²) >= 11 is 6.61. The van der Waals surface area contributed by atoms with Gasteiger partial charge in [-0.15, -0.1) is 10.2 Å². The summed E-state index contributed by atoms with van der Waals surface area (Å²) in [6.45, 7) is 2.42. The van der Waals surface area contributed by atoms with Crippen molar-refractivity contribution in [3.05, 3.63) is 59.0 Å². The number of nitrogens with zero attached hydrogens (tertiary/aromatic N) is 5. The molecule has 10 heteroatoms. The Labute approximate surface area is 175 Å². The molecule has 0 radical (unpaired) electrons. The first-order valence-electron chi connectivity index (χ1n) is 8.87. The number of aromatic nitrogens is 6. The Kier molecular flexibility index (Phi) is 5.54. The summed E-state index contributed by atoms with van der Waals surface area (Å²) in [5.41, 5.74) is 2.79. The first kappa shape index (κ1) is 19.1. The molecule has 8 nitrogen and oxygen atoms in total. The molecule has 146 valence electrons. The molecule has 0 saturated carbocycles. The van der Waals surface area contributed by atoms with E-state index in [-0.39, 0.29) is 12.3 Å². The van der Waals surface area contributed by atoms with Crippen LogP contribution >= 0.6 is 23.6 Å². The van der Waals surface area contributed by atoms with Crippen LogP contribution in [0.15, 0.2) is 48.7 Å². The van der Waals surface area contributed by atoms with E-state index in [2.05, 4.69) is 30.7 Å². The van der Waals surface area contributed by atoms with Crippen molar-refractivity contribution in [1.29, 1.82) is 0 Å². The number of aryl methyl sites for hydroxylation is 1. The lowest BCUT2D eigenvalue weighted by Crippen LogP contribution is -2.15. The van der Waals surface area contributed by atoms with Crippen LogP contribution in [-0.4, -0.2) is 35.9 Å². The van der Waals surface area contributed by atoms with Gasteiger partial charge >= 0.3 is 0 Å². The van der Waals surface area contributed by atoms with E-state index in [4.69, 9.17) is 12.2 Å². The maximum Gasteiger partial charge on any atom is 0.227 e. The van der Waals surface area contributed by atoms with Gasteiger partial charge in [-0.2, -0.15) is 5.10 Å². The van der Waals surface area contributed by atoms with Crippen LogP contribution in [-0.2, 0) is 11.3 Å². The molecule has 1 amide bonds. The van der Waals surface area contributed by atoms with Gasteiger partial charge in [0.2, 0.25) is 11.0 Å². The zero-order valence-corrected chi connectivity index (χ0v) is 17.1. The second-order valence-electron chi connectivity index (χ2n) is 6.30. The molecule has 0 saturated heterocycles. The Hall–Kier alpha value is -3.24. The molecule has 3 heterocycles. The van der Waals surface area contributed by atoms with Gasteiger partial charge in [0.15, 0.2) is 15.6 Å². The number of rotatable bonds is 6. The number of anilines is 1. The quantitative estimate of drug-likeness (QED) is 0.457. The molecule has 0 spiro atoms. The predicted molar refractivity (Wildman–Crippen MR) is 114 cm³/mol. The molecule has 3 aromatic heterocycles. The number of H-pyrrole nitrogens is 1. The second-order valence-corrected chi connectivity index (χ2v) is 7.66. The number of amides is 1. The van der Waals surface area contributed by atoms with Gasteiger partial charge in [-0.3, -0.25) is 19.4 Å². The van der Waals surface area contributed by atoms with Gasteiger partial charge in [-0.05, 0) is 37.3 Å². The third kappa shape index (κ3) is 4.44. The van der Waals surface area contributed by atoms with Crippen LogP contribution in [0.25, 0.3) is 22.1 Å². The SMILES string of the molecule is Cc1cccc(-c2n[nH]c(=S)n2CCC(=O)Nc2nnc(-c3ccccn3)s2)c1. The Morgan fingerprint density at radius 3 is 2.93 bits per heavy atom. The van der Waals surface area contributed by atoms with Crippen molar-refractivity contribution in [3.63, 3.8) is 0 Å². The van der Waals surface area contributed by atoms with Crippen LogP contribution in [0.2, 0.25) is 0 Å². The molecule has 0 atom stereocenters. The summed E-state index contributed by atoms with van der Waals surface area (Å²) < 4.78 is 2.30. The minimum atomic E-state index is -0.174. The van der Waals surface area contributed by atoms with Crippen molar-refractivity contribution in [2.75, 3.05) is 5.32 Å². The highest BCUT2D eigenvalue weighted by atomic mass is 32.1. The lowest BCUT2D eigenvalue weighted by Gasteiger charge is -2.07. The normalized spacial score (nSPS) is 10.8. The summed E-state index contributed by atoms with van der Waals surface area (Å²) in [6.07, 6.45) is 1.92. The Morgan fingerprint density at radius 2 is 2.14 bits per heavy atom. The minimum absolute atomic E-state index is 0.174. The van der Waals surface area contributed by atoms with Crippen LogP contribution in [0, 0.1) is 11.7 Å². The fourth-order valence-corrected chi connectivity index (χ4v) is 3.75. The Morgan fingerprint density at radius 1 is 1.24 bits per heavy atom. The first-order chi connectivity index (χ1) is 14.1. The van der Waals surface area contributed by atoms with E-state index >= 15 is 0 Å². The fraction of sp³-hybridized carbons (Fsp3) is 0.158. The number of pyridine rings is 1. The largest absolute Gasteiger partial charge is 0.300 e. The van der Waals surface area contributed by atoms with Gasteiger partial charge in [-0.25, -0.2) is 0 Å². The molecule has 0 aliphatic heterocycles. The zero-order valence-electron chi connectivity index (χ0n) is 15.5. The summed E-state index contributed by atoms with van der Waals surface area (Å²) in [5, 5.41) is 19.1. The minimum Gasteiger partial charge on any atom is -0.300 e. The lowest BCUT2D eigenvalue weighted by atomic mass is 10.1. The highest BCUT2D eigenvalue weighted by Crippen LogP contribution is 2.24.